The van der Waals surface area contributed by atoms with Crippen molar-refractivity contribution in [2.24, 2.45) is 5.73 Å². The molecule has 0 radical (unpaired) electrons. The Morgan fingerprint density at radius 1 is 1.50 bits per heavy atom. The smallest absolute Gasteiger partial charge is 0.0649 e. The van der Waals surface area contributed by atoms with E-state index in [1.807, 2.05) is 24.4 Å². The van der Waals surface area contributed by atoms with Crippen molar-refractivity contribution in [2.45, 2.75) is 18.5 Å². The minimum atomic E-state index is 0.222. The average molecular weight is 163 g/mol. The van der Waals surface area contributed by atoms with Gasteiger partial charge in [-0.15, -0.1) is 0 Å². The number of nitrogens with zero attached hydrogens (tertiary/aromatic N) is 1. The molecule has 2 unspecified atom stereocenters. The SMILES string of the molecule is NC1CCNC1c1ccccn1. The summed E-state index contributed by atoms with van der Waals surface area (Å²) in [4.78, 5) is 4.27. The van der Waals surface area contributed by atoms with Crippen LogP contribution in [0.4, 0.5) is 0 Å². The van der Waals surface area contributed by atoms with Gasteiger partial charge in [0.25, 0.3) is 0 Å². The second-order valence-corrected chi connectivity index (χ2v) is 3.14. The highest BCUT2D eigenvalue weighted by Gasteiger charge is 2.25. The summed E-state index contributed by atoms with van der Waals surface area (Å²) in [5, 5.41) is 3.34. The van der Waals surface area contributed by atoms with Gasteiger partial charge in [0.1, 0.15) is 0 Å². The summed E-state index contributed by atoms with van der Waals surface area (Å²) in [7, 11) is 0. The van der Waals surface area contributed by atoms with Crippen LogP contribution in [0.1, 0.15) is 18.2 Å². The summed E-state index contributed by atoms with van der Waals surface area (Å²) in [5.74, 6) is 0. The monoisotopic (exact) mass is 163 g/mol. The van der Waals surface area contributed by atoms with Crippen LogP contribution in [0.25, 0.3) is 0 Å². The Morgan fingerprint density at radius 3 is 3.00 bits per heavy atom. The lowest BCUT2D eigenvalue weighted by Gasteiger charge is -2.13. The Kier molecular flexibility index (Phi) is 2.06. The molecule has 1 aliphatic heterocycles. The highest BCUT2D eigenvalue weighted by atomic mass is 15.0. The number of hydrogen-bond acceptors (Lipinski definition) is 3. The number of rotatable bonds is 1. The van der Waals surface area contributed by atoms with E-state index in [-0.39, 0.29) is 12.1 Å². The van der Waals surface area contributed by atoms with E-state index in [1.165, 1.54) is 0 Å². The fourth-order valence-electron chi connectivity index (χ4n) is 1.61. The second-order valence-electron chi connectivity index (χ2n) is 3.14. The lowest BCUT2D eigenvalue weighted by molar-refractivity contribution is 0.557. The Labute approximate surface area is 72.0 Å². The zero-order chi connectivity index (χ0) is 8.39. The molecular weight excluding hydrogens is 150 g/mol. The van der Waals surface area contributed by atoms with E-state index in [9.17, 15) is 0 Å². The number of nitrogens with two attached hydrogens (primary N) is 1. The normalized spacial score (nSPS) is 29.1. The molecule has 0 aromatic carbocycles. The third-order valence-corrected chi connectivity index (χ3v) is 2.28. The van der Waals surface area contributed by atoms with Crippen LogP contribution in [-0.2, 0) is 0 Å². The summed E-state index contributed by atoms with van der Waals surface area (Å²) < 4.78 is 0. The molecule has 1 fully saturated rings. The Hall–Kier alpha value is -0.930. The molecule has 3 N–H and O–H groups in total. The molecule has 64 valence electrons. The van der Waals surface area contributed by atoms with Crippen molar-refractivity contribution in [1.82, 2.24) is 10.3 Å². The Balaban J connectivity index is 2.19. The predicted molar refractivity (Wildman–Crippen MR) is 47.6 cm³/mol. The van der Waals surface area contributed by atoms with Gasteiger partial charge >= 0.3 is 0 Å². The number of pyridine rings is 1. The molecule has 0 spiro atoms. The first kappa shape index (κ1) is 7.71. The van der Waals surface area contributed by atoms with Gasteiger partial charge in [-0.25, -0.2) is 0 Å². The van der Waals surface area contributed by atoms with Crippen LogP contribution >= 0.6 is 0 Å². The van der Waals surface area contributed by atoms with Gasteiger partial charge in [0.2, 0.25) is 0 Å². The van der Waals surface area contributed by atoms with Crippen molar-refractivity contribution in [3.63, 3.8) is 0 Å². The van der Waals surface area contributed by atoms with Gasteiger partial charge in [-0.2, -0.15) is 0 Å². The third-order valence-electron chi connectivity index (χ3n) is 2.28. The molecule has 2 heterocycles. The molecular formula is C9H13N3. The van der Waals surface area contributed by atoms with Crippen molar-refractivity contribution in [3.05, 3.63) is 30.1 Å². The molecule has 0 saturated carbocycles. The molecule has 12 heavy (non-hydrogen) atoms. The summed E-state index contributed by atoms with van der Waals surface area (Å²) >= 11 is 0. The van der Waals surface area contributed by atoms with E-state index >= 15 is 0 Å². The van der Waals surface area contributed by atoms with E-state index in [0.717, 1.165) is 18.7 Å². The second kappa shape index (κ2) is 3.21. The van der Waals surface area contributed by atoms with Gasteiger partial charge in [-0.1, -0.05) is 6.07 Å². The van der Waals surface area contributed by atoms with Crippen LogP contribution in [0.15, 0.2) is 24.4 Å². The van der Waals surface area contributed by atoms with Crippen molar-refractivity contribution < 1.29 is 0 Å². The highest BCUT2D eigenvalue weighted by Crippen LogP contribution is 2.19. The Morgan fingerprint density at radius 2 is 2.42 bits per heavy atom. The topological polar surface area (TPSA) is 50.9 Å². The first-order chi connectivity index (χ1) is 5.88. The van der Waals surface area contributed by atoms with Crippen molar-refractivity contribution in [1.29, 1.82) is 0 Å². The maximum atomic E-state index is 5.91. The maximum absolute atomic E-state index is 5.91. The van der Waals surface area contributed by atoms with Gasteiger partial charge in [-0.05, 0) is 25.1 Å². The van der Waals surface area contributed by atoms with Gasteiger partial charge in [0.15, 0.2) is 0 Å². The van der Waals surface area contributed by atoms with E-state index in [2.05, 4.69) is 10.3 Å². The molecule has 3 heteroatoms. The quantitative estimate of drug-likeness (QED) is 0.631. The van der Waals surface area contributed by atoms with Gasteiger partial charge in [0, 0.05) is 12.2 Å². The largest absolute Gasteiger partial charge is 0.326 e. The molecule has 1 saturated heterocycles. The molecule has 0 amide bonds. The lowest BCUT2D eigenvalue weighted by atomic mass is 10.1. The minimum Gasteiger partial charge on any atom is -0.326 e. The summed E-state index contributed by atoms with van der Waals surface area (Å²) in [6.07, 6.45) is 2.85. The molecule has 1 aromatic rings. The van der Waals surface area contributed by atoms with Gasteiger partial charge < -0.3 is 11.1 Å². The van der Waals surface area contributed by atoms with Gasteiger partial charge in [0.05, 0.1) is 11.7 Å². The summed E-state index contributed by atoms with van der Waals surface area (Å²) in [5.41, 5.74) is 6.97. The maximum Gasteiger partial charge on any atom is 0.0649 e. The molecule has 1 aliphatic rings. The number of aromatic nitrogens is 1. The lowest BCUT2D eigenvalue weighted by Crippen LogP contribution is -2.28. The van der Waals surface area contributed by atoms with E-state index in [1.54, 1.807) is 0 Å². The first-order valence-corrected chi connectivity index (χ1v) is 4.28. The molecule has 2 atom stereocenters. The van der Waals surface area contributed by atoms with Crippen molar-refractivity contribution >= 4 is 0 Å². The number of hydrogen-bond donors (Lipinski definition) is 2. The van der Waals surface area contributed by atoms with Crippen molar-refractivity contribution in [3.8, 4) is 0 Å². The van der Waals surface area contributed by atoms with Crippen LogP contribution in [-0.4, -0.2) is 17.6 Å². The van der Waals surface area contributed by atoms with Crippen LogP contribution in [0.2, 0.25) is 0 Å². The fourth-order valence-corrected chi connectivity index (χ4v) is 1.61. The fraction of sp³-hybridized carbons (Fsp3) is 0.444. The molecule has 0 bridgehead atoms. The van der Waals surface area contributed by atoms with E-state index in [4.69, 9.17) is 5.73 Å². The predicted octanol–water partition coefficient (Wildman–Crippen LogP) is 0.443. The summed E-state index contributed by atoms with van der Waals surface area (Å²) in [6.45, 7) is 1.00. The first-order valence-electron chi connectivity index (χ1n) is 4.28. The average Bonchev–Trinajstić information content (AvgIpc) is 2.53. The number of nitrogens with one attached hydrogen (secondary N) is 1. The highest BCUT2D eigenvalue weighted by molar-refractivity contribution is 5.12. The van der Waals surface area contributed by atoms with Crippen LogP contribution < -0.4 is 11.1 Å². The zero-order valence-electron chi connectivity index (χ0n) is 6.90. The molecule has 0 aliphatic carbocycles. The standard InChI is InChI=1S/C9H13N3/c10-7-4-6-12-9(7)8-3-1-2-5-11-8/h1-3,5,7,9,12H,4,6,10H2. The Bertz CT molecular complexity index is 247. The van der Waals surface area contributed by atoms with Crippen molar-refractivity contribution in [2.75, 3.05) is 6.54 Å². The van der Waals surface area contributed by atoms with Crippen LogP contribution in [0.3, 0.4) is 0 Å². The van der Waals surface area contributed by atoms with Gasteiger partial charge in [-0.3, -0.25) is 4.98 Å². The third kappa shape index (κ3) is 1.33. The summed E-state index contributed by atoms with van der Waals surface area (Å²) in [6, 6.07) is 6.41. The van der Waals surface area contributed by atoms with Crippen LogP contribution in [0, 0.1) is 0 Å². The van der Waals surface area contributed by atoms with E-state index < -0.39 is 0 Å². The minimum absolute atomic E-state index is 0.222. The molecule has 2 rings (SSSR count). The van der Waals surface area contributed by atoms with E-state index in [0.29, 0.717) is 0 Å². The molecule has 3 nitrogen and oxygen atoms in total. The molecule has 1 aromatic heterocycles. The van der Waals surface area contributed by atoms with Crippen LogP contribution in [0.5, 0.6) is 0 Å². The zero-order valence-corrected chi connectivity index (χ0v) is 6.90.